The molecule has 0 spiro atoms. The van der Waals surface area contributed by atoms with E-state index in [0.29, 0.717) is 0 Å². The zero-order chi connectivity index (χ0) is 8.84. The maximum absolute atomic E-state index is 4.21. The van der Waals surface area contributed by atoms with E-state index in [1.165, 1.54) is 16.1 Å². The maximum atomic E-state index is 4.21. The molecule has 0 amide bonds. The lowest BCUT2D eigenvalue weighted by Crippen LogP contribution is -2.24. The van der Waals surface area contributed by atoms with Crippen molar-refractivity contribution in [3.63, 3.8) is 0 Å². The fourth-order valence-electron chi connectivity index (χ4n) is 1.71. The van der Waals surface area contributed by atoms with E-state index >= 15 is 0 Å². The van der Waals surface area contributed by atoms with Crippen molar-refractivity contribution in [3.8, 4) is 0 Å². The lowest BCUT2D eigenvalue weighted by atomic mass is 10.2. The third kappa shape index (κ3) is 0.891. The first-order valence-electron chi connectivity index (χ1n) is 4.22. The molecule has 0 aromatic heterocycles. The number of rotatable bonds is 0. The van der Waals surface area contributed by atoms with Gasteiger partial charge < -0.3 is 0 Å². The predicted octanol–water partition coefficient (Wildman–Crippen LogP) is 1.74. The smallest absolute Gasteiger partial charge is 0.193 e. The number of hydrogen-bond acceptors (Lipinski definition) is 4. The molecular formula is C9H9N3S. The monoisotopic (exact) mass is 191 g/mol. The van der Waals surface area contributed by atoms with Gasteiger partial charge in [-0.25, -0.2) is 0 Å². The van der Waals surface area contributed by atoms with Crippen LogP contribution in [0.5, 0.6) is 0 Å². The van der Waals surface area contributed by atoms with Gasteiger partial charge in [-0.3, -0.25) is 10.3 Å². The number of amidine groups is 1. The molecule has 0 saturated heterocycles. The van der Waals surface area contributed by atoms with E-state index < -0.39 is 0 Å². The van der Waals surface area contributed by atoms with Crippen LogP contribution in [0.4, 0.5) is 5.69 Å². The highest BCUT2D eigenvalue weighted by molar-refractivity contribution is 8.14. The molecule has 0 saturated carbocycles. The molecule has 2 aliphatic heterocycles. The molecule has 0 fully saturated rings. The summed E-state index contributed by atoms with van der Waals surface area (Å²) >= 11 is 1.73. The van der Waals surface area contributed by atoms with Crippen LogP contribution < -0.4 is 10.3 Å². The number of hydrazone groups is 1. The van der Waals surface area contributed by atoms with E-state index in [0.717, 1.165) is 11.8 Å². The molecule has 2 aliphatic rings. The van der Waals surface area contributed by atoms with Crippen LogP contribution in [0, 0.1) is 6.92 Å². The molecule has 0 bridgehead atoms. The maximum Gasteiger partial charge on any atom is 0.193 e. The first-order valence-corrected chi connectivity index (χ1v) is 5.03. The number of benzene rings is 1. The summed E-state index contributed by atoms with van der Waals surface area (Å²) in [7, 11) is 0. The van der Waals surface area contributed by atoms with Gasteiger partial charge in [0.1, 0.15) is 6.67 Å². The van der Waals surface area contributed by atoms with Crippen LogP contribution in [-0.4, -0.2) is 11.8 Å². The molecule has 4 heteroatoms. The molecule has 66 valence electrons. The lowest BCUT2D eigenvalue weighted by molar-refractivity contribution is 0.804. The number of para-hydroxylation sites is 1. The Labute approximate surface area is 80.8 Å². The number of hydrogen-bond donors (Lipinski definition) is 1. The molecule has 1 aromatic carbocycles. The fraction of sp³-hybridized carbons (Fsp3) is 0.222. The molecule has 0 radical (unpaired) electrons. The van der Waals surface area contributed by atoms with E-state index in [4.69, 9.17) is 0 Å². The number of anilines is 1. The van der Waals surface area contributed by atoms with Gasteiger partial charge in [-0.1, -0.05) is 12.1 Å². The minimum atomic E-state index is 0.806. The third-order valence-electron chi connectivity index (χ3n) is 2.31. The van der Waals surface area contributed by atoms with Crippen LogP contribution >= 0.6 is 11.8 Å². The molecule has 1 aromatic rings. The molecule has 0 atom stereocenters. The van der Waals surface area contributed by atoms with E-state index in [-0.39, 0.29) is 0 Å². The van der Waals surface area contributed by atoms with Gasteiger partial charge in [0, 0.05) is 4.90 Å². The normalized spacial score (nSPS) is 17.9. The van der Waals surface area contributed by atoms with Crippen molar-refractivity contribution in [2.75, 3.05) is 11.6 Å². The van der Waals surface area contributed by atoms with E-state index in [1.807, 2.05) is 0 Å². The average Bonchev–Trinajstić information content (AvgIpc) is 2.62. The first kappa shape index (κ1) is 7.26. The quantitative estimate of drug-likeness (QED) is 0.677. The zero-order valence-corrected chi connectivity index (χ0v) is 8.06. The molecular weight excluding hydrogens is 182 g/mol. The summed E-state index contributed by atoms with van der Waals surface area (Å²) in [5, 5.41) is 5.28. The van der Waals surface area contributed by atoms with E-state index in [9.17, 15) is 0 Å². The van der Waals surface area contributed by atoms with Gasteiger partial charge in [0.15, 0.2) is 5.17 Å². The second kappa shape index (κ2) is 2.42. The van der Waals surface area contributed by atoms with Crippen molar-refractivity contribution >= 4 is 22.6 Å². The van der Waals surface area contributed by atoms with Crippen molar-refractivity contribution in [2.24, 2.45) is 5.10 Å². The highest BCUT2D eigenvalue weighted by atomic mass is 32.2. The Morgan fingerprint density at radius 3 is 3.38 bits per heavy atom. The summed E-state index contributed by atoms with van der Waals surface area (Å²) in [5.74, 6) is 0. The van der Waals surface area contributed by atoms with Crippen molar-refractivity contribution in [2.45, 2.75) is 11.8 Å². The second-order valence-corrected chi connectivity index (χ2v) is 4.17. The molecule has 0 unspecified atom stereocenters. The molecule has 2 heterocycles. The Hall–Kier alpha value is -1.16. The average molecular weight is 191 g/mol. The van der Waals surface area contributed by atoms with Gasteiger partial charge in [0.2, 0.25) is 0 Å². The summed E-state index contributed by atoms with van der Waals surface area (Å²) in [6, 6.07) is 6.38. The topological polar surface area (TPSA) is 27.6 Å². The number of aryl methyl sites for hydroxylation is 1. The summed E-state index contributed by atoms with van der Waals surface area (Å²) in [6.07, 6.45) is 0. The third-order valence-corrected chi connectivity index (χ3v) is 3.35. The Balaban J connectivity index is 2.21. The van der Waals surface area contributed by atoms with Crippen molar-refractivity contribution in [1.29, 1.82) is 0 Å². The van der Waals surface area contributed by atoms with Gasteiger partial charge in [0.25, 0.3) is 0 Å². The Morgan fingerprint density at radius 2 is 2.46 bits per heavy atom. The fourth-order valence-corrected chi connectivity index (χ4v) is 2.80. The SMILES string of the molecule is Cc1cccc2c1N1CNN=C1S2. The van der Waals surface area contributed by atoms with Crippen molar-refractivity contribution < 1.29 is 0 Å². The van der Waals surface area contributed by atoms with Crippen LogP contribution in [-0.2, 0) is 0 Å². The van der Waals surface area contributed by atoms with Crippen LogP contribution in [0.3, 0.4) is 0 Å². The summed E-state index contributed by atoms with van der Waals surface area (Å²) in [5.41, 5.74) is 5.62. The Bertz CT molecular complexity index is 400. The van der Waals surface area contributed by atoms with Crippen molar-refractivity contribution in [1.82, 2.24) is 5.43 Å². The van der Waals surface area contributed by atoms with Gasteiger partial charge in [-0.15, -0.1) is 0 Å². The molecule has 13 heavy (non-hydrogen) atoms. The van der Waals surface area contributed by atoms with Crippen LogP contribution in [0.25, 0.3) is 0 Å². The van der Waals surface area contributed by atoms with E-state index in [2.05, 4.69) is 40.5 Å². The Kier molecular flexibility index (Phi) is 1.35. The Morgan fingerprint density at radius 1 is 1.54 bits per heavy atom. The van der Waals surface area contributed by atoms with Gasteiger partial charge in [0.05, 0.1) is 5.69 Å². The van der Waals surface area contributed by atoms with Crippen LogP contribution in [0.15, 0.2) is 28.2 Å². The van der Waals surface area contributed by atoms with Gasteiger partial charge >= 0.3 is 0 Å². The number of thioether (sulfide) groups is 1. The van der Waals surface area contributed by atoms with Gasteiger partial charge in [-0.05, 0) is 30.3 Å². The minimum Gasteiger partial charge on any atom is -0.298 e. The highest BCUT2D eigenvalue weighted by Crippen LogP contribution is 2.42. The van der Waals surface area contributed by atoms with Crippen LogP contribution in [0.1, 0.15) is 5.56 Å². The second-order valence-electron chi connectivity index (χ2n) is 3.16. The standard InChI is InChI=1S/C9H9N3S/c1-6-3-2-4-7-8(6)12-5-10-11-9(12)13-7/h2-4,10H,5H2,1H3. The molecule has 3 nitrogen and oxygen atoms in total. The van der Waals surface area contributed by atoms with Crippen molar-refractivity contribution in [3.05, 3.63) is 23.8 Å². The number of fused-ring (bicyclic) bond motifs is 3. The number of nitrogens with one attached hydrogen (secondary N) is 1. The largest absolute Gasteiger partial charge is 0.298 e. The number of nitrogens with zero attached hydrogens (tertiary/aromatic N) is 2. The highest BCUT2D eigenvalue weighted by Gasteiger charge is 2.30. The zero-order valence-electron chi connectivity index (χ0n) is 7.24. The summed E-state index contributed by atoms with van der Waals surface area (Å²) in [4.78, 5) is 3.54. The van der Waals surface area contributed by atoms with Gasteiger partial charge in [-0.2, -0.15) is 5.10 Å². The van der Waals surface area contributed by atoms with Crippen LogP contribution in [0.2, 0.25) is 0 Å². The molecule has 0 aliphatic carbocycles. The molecule has 1 N–H and O–H groups in total. The summed E-state index contributed by atoms with van der Waals surface area (Å²) < 4.78 is 0. The van der Waals surface area contributed by atoms with E-state index in [1.54, 1.807) is 11.8 Å². The lowest BCUT2D eigenvalue weighted by Gasteiger charge is -2.13. The predicted molar refractivity (Wildman–Crippen MR) is 55.0 cm³/mol. The molecule has 3 rings (SSSR count). The first-order chi connectivity index (χ1) is 6.36. The minimum absolute atomic E-state index is 0.806. The summed E-state index contributed by atoms with van der Waals surface area (Å²) in [6.45, 7) is 2.95.